The number of para-hydroxylation sites is 1. The maximum absolute atomic E-state index is 13.0. The molecule has 0 bridgehead atoms. The van der Waals surface area contributed by atoms with Crippen molar-refractivity contribution in [2.45, 2.75) is 40.7 Å². The Bertz CT molecular complexity index is 1120. The van der Waals surface area contributed by atoms with Crippen molar-refractivity contribution in [1.29, 1.82) is 0 Å². The zero-order valence-corrected chi connectivity index (χ0v) is 21.3. The Morgan fingerprint density at radius 1 is 1.09 bits per heavy atom. The van der Waals surface area contributed by atoms with Crippen molar-refractivity contribution in [1.82, 2.24) is 10.2 Å². The third kappa shape index (κ3) is 5.75. The van der Waals surface area contributed by atoms with Gasteiger partial charge in [-0.15, -0.1) is 0 Å². The van der Waals surface area contributed by atoms with Crippen LogP contribution in [0, 0.1) is 19.8 Å². The average Bonchev–Trinajstić information content (AvgIpc) is 2.78. The smallest absolute Gasteiger partial charge is 0.338 e. The van der Waals surface area contributed by atoms with Crippen molar-refractivity contribution in [3.05, 3.63) is 70.4 Å². The van der Waals surface area contributed by atoms with Crippen LogP contribution in [0.1, 0.15) is 43.5 Å². The van der Waals surface area contributed by atoms with E-state index >= 15 is 0 Å². The molecule has 34 heavy (non-hydrogen) atoms. The molecule has 0 aromatic heterocycles. The van der Waals surface area contributed by atoms with Crippen molar-refractivity contribution in [3.8, 4) is 0 Å². The van der Waals surface area contributed by atoms with Crippen LogP contribution in [0.4, 0.5) is 16.2 Å². The molecule has 7 nitrogen and oxygen atoms in total. The second kappa shape index (κ2) is 10.7. The number of amides is 2. The van der Waals surface area contributed by atoms with E-state index in [1.165, 1.54) is 0 Å². The number of thiocarbonyl (C=S) groups is 1. The number of anilines is 2. The molecule has 2 aromatic carbocycles. The standard InChI is InChI=1S/C26H32N4O3S/c1-15(2)14-33-24(31)21-18(5)30(6)26(34)29-23(21)19-11-8-12-20(13-19)27-25(32)28-22-16(3)9-7-10-17(22)4/h7-13,15,23H,14H2,1-6H3,(H,29,34)(H2,27,28,32)/t23-/m1/s1. The van der Waals surface area contributed by atoms with Crippen LogP contribution in [0.3, 0.4) is 0 Å². The molecular weight excluding hydrogens is 448 g/mol. The number of carbonyl (C=O) groups is 2. The van der Waals surface area contributed by atoms with Gasteiger partial charge in [0.1, 0.15) is 0 Å². The van der Waals surface area contributed by atoms with Gasteiger partial charge in [-0.3, -0.25) is 0 Å². The summed E-state index contributed by atoms with van der Waals surface area (Å²) in [5.74, 6) is -0.161. The lowest BCUT2D eigenvalue weighted by Gasteiger charge is -2.35. The van der Waals surface area contributed by atoms with Crippen LogP contribution >= 0.6 is 12.2 Å². The van der Waals surface area contributed by atoms with Crippen LogP contribution in [0.15, 0.2) is 53.7 Å². The van der Waals surface area contributed by atoms with E-state index in [1.807, 2.05) is 78.1 Å². The van der Waals surface area contributed by atoms with Crippen molar-refractivity contribution in [2.24, 2.45) is 5.92 Å². The highest BCUT2D eigenvalue weighted by Gasteiger charge is 2.33. The van der Waals surface area contributed by atoms with Gasteiger partial charge < -0.3 is 25.6 Å². The predicted molar refractivity (Wildman–Crippen MR) is 140 cm³/mol. The average molecular weight is 481 g/mol. The molecule has 8 heteroatoms. The van der Waals surface area contributed by atoms with Crippen molar-refractivity contribution in [2.75, 3.05) is 24.3 Å². The minimum atomic E-state index is -0.494. The fraction of sp³-hybridized carbons (Fsp3) is 0.346. The van der Waals surface area contributed by atoms with E-state index in [0.29, 0.717) is 23.0 Å². The molecule has 3 N–H and O–H groups in total. The van der Waals surface area contributed by atoms with Crippen LogP contribution in [0.25, 0.3) is 0 Å². The van der Waals surface area contributed by atoms with Gasteiger partial charge in [-0.2, -0.15) is 0 Å². The van der Waals surface area contributed by atoms with E-state index in [2.05, 4.69) is 16.0 Å². The normalized spacial score (nSPS) is 15.8. The first-order valence-corrected chi connectivity index (χ1v) is 11.7. The molecule has 1 aliphatic rings. The fourth-order valence-electron chi connectivity index (χ4n) is 3.75. The summed E-state index contributed by atoms with van der Waals surface area (Å²) in [6, 6.07) is 12.4. The zero-order chi connectivity index (χ0) is 25.0. The Morgan fingerprint density at radius 2 is 1.74 bits per heavy atom. The van der Waals surface area contributed by atoms with E-state index < -0.39 is 6.04 Å². The Kier molecular flexibility index (Phi) is 7.94. The Morgan fingerprint density at radius 3 is 2.38 bits per heavy atom. The zero-order valence-electron chi connectivity index (χ0n) is 20.5. The number of urea groups is 1. The number of allylic oxidation sites excluding steroid dienone is 1. The van der Waals surface area contributed by atoms with Gasteiger partial charge in [-0.25, -0.2) is 9.59 Å². The quantitative estimate of drug-likeness (QED) is 0.385. The van der Waals surface area contributed by atoms with Crippen LogP contribution in [-0.4, -0.2) is 35.7 Å². The van der Waals surface area contributed by atoms with Gasteiger partial charge >= 0.3 is 12.0 Å². The van der Waals surface area contributed by atoms with Gasteiger partial charge in [-0.05, 0) is 67.7 Å². The van der Waals surface area contributed by atoms with Crippen molar-refractivity contribution < 1.29 is 14.3 Å². The fourth-order valence-corrected chi connectivity index (χ4v) is 4.01. The molecule has 0 fully saturated rings. The van der Waals surface area contributed by atoms with Crippen LogP contribution in [-0.2, 0) is 9.53 Å². The molecular formula is C26H32N4O3S. The number of nitrogens with zero attached hydrogens (tertiary/aromatic N) is 1. The number of nitrogens with one attached hydrogen (secondary N) is 3. The Labute approximate surface area is 206 Å². The van der Waals surface area contributed by atoms with Gasteiger partial charge in [0.15, 0.2) is 5.11 Å². The summed E-state index contributed by atoms with van der Waals surface area (Å²) in [6.07, 6.45) is 0. The largest absolute Gasteiger partial charge is 0.462 e. The molecule has 0 saturated carbocycles. The molecule has 0 unspecified atom stereocenters. The summed E-state index contributed by atoms with van der Waals surface area (Å²) in [7, 11) is 1.81. The number of hydrogen-bond donors (Lipinski definition) is 3. The van der Waals surface area contributed by atoms with Gasteiger partial charge in [0.05, 0.1) is 18.2 Å². The molecule has 180 valence electrons. The predicted octanol–water partition coefficient (Wildman–Crippen LogP) is 5.28. The molecule has 1 atom stereocenters. The van der Waals surface area contributed by atoms with Crippen LogP contribution < -0.4 is 16.0 Å². The van der Waals surface area contributed by atoms with Crippen molar-refractivity contribution in [3.63, 3.8) is 0 Å². The monoisotopic (exact) mass is 480 g/mol. The highest BCUT2D eigenvalue weighted by atomic mass is 32.1. The first-order valence-electron chi connectivity index (χ1n) is 11.2. The third-order valence-electron chi connectivity index (χ3n) is 5.72. The van der Waals surface area contributed by atoms with Crippen LogP contribution in [0.2, 0.25) is 0 Å². The van der Waals surface area contributed by atoms with Gasteiger partial charge in [0.2, 0.25) is 0 Å². The summed E-state index contributed by atoms with van der Waals surface area (Å²) < 4.78 is 5.55. The number of carbonyl (C=O) groups excluding carboxylic acids is 2. The number of benzene rings is 2. The maximum atomic E-state index is 13.0. The topological polar surface area (TPSA) is 82.7 Å². The second-order valence-electron chi connectivity index (χ2n) is 8.90. The number of hydrogen-bond acceptors (Lipinski definition) is 4. The maximum Gasteiger partial charge on any atom is 0.338 e. The molecule has 2 aromatic rings. The third-order valence-corrected chi connectivity index (χ3v) is 6.11. The minimum Gasteiger partial charge on any atom is -0.462 e. The number of aryl methyl sites for hydroxylation is 2. The summed E-state index contributed by atoms with van der Waals surface area (Å²) in [6.45, 7) is 10.1. The van der Waals surface area contributed by atoms with E-state index in [0.717, 1.165) is 28.1 Å². The van der Waals surface area contributed by atoms with E-state index in [-0.39, 0.29) is 17.9 Å². The van der Waals surface area contributed by atoms with E-state index in [9.17, 15) is 9.59 Å². The molecule has 3 rings (SSSR count). The molecule has 0 saturated heterocycles. The molecule has 1 heterocycles. The molecule has 1 aliphatic heterocycles. The summed E-state index contributed by atoms with van der Waals surface area (Å²) in [4.78, 5) is 27.5. The minimum absolute atomic E-state index is 0.224. The second-order valence-corrected chi connectivity index (χ2v) is 9.29. The van der Waals surface area contributed by atoms with Crippen LogP contribution in [0.5, 0.6) is 0 Å². The lowest BCUT2D eigenvalue weighted by atomic mass is 9.95. The van der Waals surface area contributed by atoms with Gasteiger partial charge in [0.25, 0.3) is 0 Å². The highest BCUT2D eigenvalue weighted by Crippen LogP contribution is 2.32. The molecule has 0 radical (unpaired) electrons. The summed E-state index contributed by atoms with van der Waals surface area (Å²) in [5, 5.41) is 9.56. The molecule has 2 amide bonds. The van der Waals surface area contributed by atoms with E-state index in [4.69, 9.17) is 17.0 Å². The summed E-state index contributed by atoms with van der Waals surface area (Å²) >= 11 is 5.48. The SMILES string of the molecule is CC1=C(C(=O)OCC(C)C)[C@@H](c2cccc(NC(=O)Nc3c(C)cccc3C)c2)NC(=S)N1C. The first kappa shape index (κ1) is 25.2. The van der Waals surface area contributed by atoms with E-state index in [1.54, 1.807) is 11.0 Å². The Balaban J connectivity index is 1.85. The lowest BCUT2D eigenvalue weighted by molar-refractivity contribution is -0.140. The van der Waals surface area contributed by atoms with Gasteiger partial charge in [-0.1, -0.05) is 44.2 Å². The highest BCUT2D eigenvalue weighted by molar-refractivity contribution is 7.80. The van der Waals surface area contributed by atoms with Gasteiger partial charge in [0, 0.05) is 24.1 Å². The lowest BCUT2D eigenvalue weighted by Crippen LogP contribution is -2.46. The molecule has 0 aliphatic carbocycles. The Hall–Kier alpha value is -3.39. The number of esters is 1. The summed E-state index contributed by atoms with van der Waals surface area (Å²) in [5.41, 5.74) is 5.36. The van der Waals surface area contributed by atoms with Crippen molar-refractivity contribution >= 4 is 40.7 Å². The number of rotatable bonds is 6. The number of ether oxygens (including phenoxy) is 1. The molecule has 0 spiro atoms. The first-order chi connectivity index (χ1) is 16.1.